The molecule has 0 aromatic heterocycles. The standard InChI is InChI=1S/C20H27NO4/c1-12(6-8-15(22)5-4-10-21)7-9-16-13(2)14(3)17-11-25-20(24)18(17)19(16)23/h7,23H,4-6,8-11,21H2,1-3H3/b12-7+. The Balaban J connectivity index is 2.10. The molecule has 1 aliphatic rings. The van der Waals surface area contributed by atoms with E-state index in [1.807, 2.05) is 26.8 Å². The van der Waals surface area contributed by atoms with E-state index in [1.54, 1.807) is 0 Å². The molecule has 0 spiro atoms. The second kappa shape index (κ2) is 8.30. The minimum absolute atomic E-state index is 0.0312. The van der Waals surface area contributed by atoms with Crippen LogP contribution in [0.3, 0.4) is 0 Å². The Labute approximate surface area is 148 Å². The van der Waals surface area contributed by atoms with Gasteiger partial charge < -0.3 is 15.6 Å². The third kappa shape index (κ3) is 4.28. The maximum absolute atomic E-state index is 11.9. The van der Waals surface area contributed by atoms with Gasteiger partial charge in [0.25, 0.3) is 0 Å². The van der Waals surface area contributed by atoms with Crippen molar-refractivity contribution in [2.45, 2.75) is 59.5 Å². The van der Waals surface area contributed by atoms with Gasteiger partial charge in [-0.2, -0.15) is 0 Å². The van der Waals surface area contributed by atoms with Crippen molar-refractivity contribution in [3.05, 3.63) is 39.5 Å². The van der Waals surface area contributed by atoms with Crippen LogP contribution in [0.2, 0.25) is 0 Å². The van der Waals surface area contributed by atoms with Gasteiger partial charge >= 0.3 is 5.97 Å². The van der Waals surface area contributed by atoms with E-state index in [9.17, 15) is 14.7 Å². The minimum Gasteiger partial charge on any atom is -0.507 e. The summed E-state index contributed by atoms with van der Waals surface area (Å²) in [6, 6.07) is 0. The predicted octanol–water partition coefficient (Wildman–Crippen LogP) is 3.26. The quantitative estimate of drug-likeness (QED) is 0.557. The fourth-order valence-corrected chi connectivity index (χ4v) is 3.11. The van der Waals surface area contributed by atoms with E-state index >= 15 is 0 Å². The molecule has 0 unspecified atom stereocenters. The Morgan fingerprint density at radius 1 is 1.24 bits per heavy atom. The number of carbonyl (C=O) groups is 2. The van der Waals surface area contributed by atoms with E-state index in [4.69, 9.17) is 10.5 Å². The second-order valence-electron chi connectivity index (χ2n) is 6.69. The third-order valence-electron chi connectivity index (χ3n) is 4.96. The van der Waals surface area contributed by atoms with Crippen LogP contribution in [0.25, 0.3) is 0 Å². The maximum atomic E-state index is 11.9. The van der Waals surface area contributed by atoms with Crippen molar-refractivity contribution in [1.29, 1.82) is 0 Å². The van der Waals surface area contributed by atoms with E-state index < -0.39 is 5.97 Å². The number of hydrogen-bond donors (Lipinski definition) is 2. The number of phenols is 1. The van der Waals surface area contributed by atoms with Crippen molar-refractivity contribution in [2.75, 3.05) is 6.54 Å². The molecule has 25 heavy (non-hydrogen) atoms. The summed E-state index contributed by atoms with van der Waals surface area (Å²) in [7, 11) is 0. The highest BCUT2D eigenvalue weighted by atomic mass is 16.5. The molecule has 2 rings (SSSR count). The average Bonchev–Trinajstić information content (AvgIpc) is 2.98. The Hall–Kier alpha value is -2.14. The summed E-state index contributed by atoms with van der Waals surface area (Å²) >= 11 is 0. The highest BCUT2D eigenvalue weighted by Gasteiger charge is 2.30. The van der Waals surface area contributed by atoms with Crippen molar-refractivity contribution in [3.63, 3.8) is 0 Å². The van der Waals surface area contributed by atoms with E-state index in [0.717, 1.165) is 34.2 Å². The average molecular weight is 345 g/mol. The number of allylic oxidation sites excluding steroid dienone is 2. The third-order valence-corrected chi connectivity index (χ3v) is 4.96. The van der Waals surface area contributed by atoms with Crippen LogP contribution in [0.5, 0.6) is 5.75 Å². The minimum atomic E-state index is -0.456. The molecule has 3 N–H and O–H groups in total. The summed E-state index contributed by atoms with van der Waals surface area (Å²) in [6.07, 6.45) is 5.04. The van der Waals surface area contributed by atoms with Crippen molar-refractivity contribution in [2.24, 2.45) is 5.73 Å². The van der Waals surface area contributed by atoms with Gasteiger partial charge in [0.15, 0.2) is 0 Å². The van der Waals surface area contributed by atoms with Gasteiger partial charge in [-0.05, 0) is 57.7 Å². The number of ether oxygens (including phenoxy) is 1. The molecule has 1 heterocycles. The molecular weight excluding hydrogens is 318 g/mol. The van der Waals surface area contributed by atoms with Crippen LogP contribution in [-0.4, -0.2) is 23.4 Å². The lowest BCUT2D eigenvalue weighted by molar-refractivity contribution is -0.119. The molecule has 0 atom stereocenters. The topological polar surface area (TPSA) is 89.6 Å². The number of fused-ring (bicyclic) bond motifs is 1. The molecule has 0 amide bonds. The number of esters is 1. The summed E-state index contributed by atoms with van der Waals surface area (Å²) in [6.45, 7) is 6.66. The van der Waals surface area contributed by atoms with Gasteiger partial charge in [0, 0.05) is 24.0 Å². The second-order valence-corrected chi connectivity index (χ2v) is 6.69. The lowest BCUT2D eigenvalue weighted by Gasteiger charge is -2.14. The molecule has 0 aliphatic carbocycles. The van der Waals surface area contributed by atoms with E-state index in [1.165, 1.54) is 0 Å². The van der Waals surface area contributed by atoms with Crippen molar-refractivity contribution in [1.82, 2.24) is 0 Å². The first-order valence-electron chi connectivity index (χ1n) is 8.75. The molecule has 1 aromatic carbocycles. The number of Topliss-reactive ketones (excluding diaryl/α,β-unsaturated/α-hetero) is 1. The van der Waals surface area contributed by atoms with E-state index in [-0.39, 0.29) is 18.1 Å². The van der Waals surface area contributed by atoms with Crippen LogP contribution >= 0.6 is 0 Å². The zero-order valence-electron chi connectivity index (χ0n) is 15.3. The molecule has 5 heteroatoms. The summed E-state index contributed by atoms with van der Waals surface area (Å²) in [5.74, 6) is -0.194. The predicted molar refractivity (Wildman–Crippen MR) is 96.7 cm³/mol. The normalized spacial score (nSPS) is 13.8. The van der Waals surface area contributed by atoms with E-state index in [2.05, 4.69) is 0 Å². The van der Waals surface area contributed by atoms with Gasteiger partial charge in [0.2, 0.25) is 0 Å². The molecular formula is C20H27NO4. The Morgan fingerprint density at radius 3 is 2.64 bits per heavy atom. The fourth-order valence-electron chi connectivity index (χ4n) is 3.11. The largest absolute Gasteiger partial charge is 0.507 e. The van der Waals surface area contributed by atoms with Gasteiger partial charge in [-0.15, -0.1) is 0 Å². The van der Waals surface area contributed by atoms with Gasteiger partial charge in [0.05, 0.1) is 0 Å². The molecule has 5 nitrogen and oxygen atoms in total. The monoisotopic (exact) mass is 345 g/mol. The summed E-state index contributed by atoms with van der Waals surface area (Å²) in [4.78, 5) is 23.6. The zero-order chi connectivity index (χ0) is 18.6. The number of aromatic hydroxyl groups is 1. The Bertz CT molecular complexity index is 719. The number of hydrogen-bond acceptors (Lipinski definition) is 5. The van der Waals surface area contributed by atoms with Crippen LogP contribution in [0.1, 0.15) is 65.2 Å². The highest BCUT2D eigenvalue weighted by molar-refractivity contribution is 5.97. The SMILES string of the molecule is C/C(=C\Cc1c(C)c(C)c2c(c1O)C(=O)OC2)CCC(=O)CCCN. The number of carbonyl (C=O) groups excluding carboxylic acids is 2. The van der Waals surface area contributed by atoms with E-state index in [0.29, 0.717) is 37.8 Å². The molecule has 0 saturated heterocycles. The first kappa shape index (κ1) is 19.2. The van der Waals surface area contributed by atoms with Crippen molar-refractivity contribution >= 4 is 11.8 Å². The van der Waals surface area contributed by atoms with Crippen LogP contribution < -0.4 is 5.73 Å². The number of ketones is 1. The molecule has 1 aliphatic heterocycles. The van der Waals surface area contributed by atoms with Crippen molar-refractivity contribution in [3.8, 4) is 5.75 Å². The summed E-state index contributed by atoms with van der Waals surface area (Å²) in [5.41, 5.74) is 10.3. The summed E-state index contributed by atoms with van der Waals surface area (Å²) < 4.78 is 5.06. The van der Waals surface area contributed by atoms with Crippen LogP contribution in [0.4, 0.5) is 0 Å². The highest BCUT2D eigenvalue weighted by Crippen LogP contribution is 2.37. The molecule has 0 saturated carbocycles. The smallest absolute Gasteiger partial charge is 0.342 e. The molecule has 1 aromatic rings. The van der Waals surface area contributed by atoms with Gasteiger partial charge in [-0.25, -0.2) is 4.79 Å². The Morgan fingerprint density at radius 2 is 1.96 bits per heavy atom. The lowest BCUT2D eigenvalue weighted by Crippen LogP contribution is -2.04. The van der Waals surface area contributed by atoms with Crippen LogP contribution in [0.15, 0.2) is 11.6 Å². The first-order valence-corrected chi connectivity index (χ1v) is 8.75. The fraction of sp³-hybridized carbons (Fsp3) is 0.500. The first-order chi connectivity index (χ1) is 11.9. The lowest BCUT2D eigenvalue weighted by atomic mass is 9.91. The number of benzene rings is 1. The number of phenolic OH excluding ortho intramolecular Hbond substituents is 1. The Kier molecular flexibility index (Phi) is 6.37. The van der Waals surface area contributed by atoms with Gasteiger partial charge in [0.1, 0.15) is 23.7 Å². The zero-order valence-corrected chi connectivity index (χ0v) is 15.3. The number of rotatable bonds is 8. The van der Waals surface area contributed by atoms with Gasteiger partial charge in [-0.3, -0.25) is 4.79 Å². The molecule has 0 bridgehead atoms. The van der Waals surface area contributed by atoms with Crippen LogP contribution in [-0.2, 0) is 22.6 Å². The molecule has 136 valence electrons. The summed E-state index contributed by atoms with van der Waals surface area (Å²) in [5, 5.41) is 10.5. The molecule has 0 fully saturated rings. The number of nitrogens with two attached hydrogens (primary N) is 1. The van der Waals surface area contributed by atoms with Gasteiger partial charge in [-0.1, -0.05) is 11.6 Å². The maximum Gasteiger partial charge on any atom is 0.342 e. The van der Waals surface area contributed by atoms with Crippen molar-refractivity contribution < 1.29 is 19.4 Å². The number of cyclic esters (lactones) is 1. The molecule has 0 radical (unpaired) electrons. The van der Waals surface area contributed by atoms with Crippen LogP contribution in [0, 0.1) is 13.8 Å².